The van der Waals surface area contributed by atoms with Crippen LogP contribution in [0.3, 0.4) is 0 Å². The molecular weight excluding hydrogens is 262 g/mol. The number of carbonyl (C=O) groups is 1. The number of aryl methyl sites for hydroxylation is 1. The maximum Gasteiger partial charge on any atom is 0.337 e. The van der Waals surface area contributed by atoms with Crippen molar-refractivity contribution in [1.82, 2.24) is 4.98 Å². The second-order valence-electron chi connectivity index (χ2n) is 6.22. The molecule has 0 radical (unpaired) electrons. The fraction of sp³-hybridized carbons (Fsp3) is 0.500. The van der Waals surface area contributed by atoms with Crippen molar-refractivity contribution in [2.24, 2.45) is 5.92 Å². The lowest BCUT2D eigenvalue weighted by molar-refractivity contribution is 0.0699. The molecule has 0 aliphatic heterocycles. The molecule has 1 unspecified atom stereocenters. The van der Waals surface area contributed by atoms with Crippen molar-refractivity contribution in [2.75, 3.05) is 0 Å². The van der Waals surface area contributed by atoms with Crippen LogP contribution >= 0.6 is 0 Å². The maximum absolute atomic E-state index is 11.3. The number of unbranched alkanes of at least 4 members (excludes halogenated alkanes) is 2. The highest BCUT2D eigenvalue weighted by Gasteiger charge is 2.23. The molecule has 2 aromatic rings. The molecule has 21 heavy (non-hydrogen) atoms. The van der Waals surface area contributed by atoms with Crippen LogP contribution in [-0.2, 0) is 12.8 Å². The highest BCUT2D eigenvalue weighted by molar-refractivity contribution is 6.03. The average Bonchev–Trinajstić information content (AvgIpc) is 2.84. The van der Waals surface area contributed by atoms with Gasteiger partial charge in [0.25, 0.3) is 0 Å². The Bertz CT molecular complexity index is 657. The number of aromatic carboxylic acids is 1. The van der Waals surface area contributed by atoms with Gasteiger partial charge < -0.3 is 10.1 Å². The zero-order valence-corrected chi connectivity index (χ0v) is 12.6. The summed E-state index contributed by atoms with van der Waals surface area (Å²) in [5.41, 5.74) is 3.82. The summed E-state index contributed by atoms with van der Waals surface area (Å²) in [6.45, 7) is 2.24. The fourth-order valence-corrected chi connectivity index (χ4v) is 3.63. The van der Waals surface area contributed by atoms with E-state index in [4.69, 9.17) is 0 Å². The van der Waals surface area contributed by atoms with Crippen molar-refractivity contribution in [3.63, 3.8) is 0 Å². The Morgan fingerprint density at radius 2 is 2.24 bits per heavy atom. The third kappa shape index (κ3) is 2.69. The maximum atomic E-state index is 11.3. The molecule has 2 N–H and O–H groups in total. The van der Waals surface area contributed by atoms with Gasteiger partial charge in [0.05, 0.1) is 11.1 Å². The van der Waals surface area contributed by atoms with Gasteiger partial charge >= 0.3 is 5.97 Å². The molecule has 0 bridgehead atoms. The van der Waals surface area contributed by atoms with E-state index < -0.39 is 5.97 Å². The lowest BCUT2D eigenvalue weighted by Gasteiger charge is -2.22. The van der Waals surface area contributed by atoms with Gasteiger partial charge in [0.1, 0.15) is 0 Å². The number of hydrogen-bond acceptors (Lipinski definition) is 1. The molecule has 3 nitrogen and oxygen atoms in total. The fourth-order valence-electron chi connectivity index (χ4n) is 3.63. The number of carboxylic acid groups (broad SMARTS) is 1. The molecule has 0 fully saturated rings. The summed E-state index contributed by atoms with van der Waals surface area (Å²) in [7, 11) is 0. The Balaban J connectivity index is 1.88. The average molecular weight is 285 g/mol. The normalized spacial score (nSPS) is 17.9. The lowest BCUT2D eigenvalue weighted by Crippen LogP contribution is -2.13. The van der Waals surface area contributed by atoms with E-state index in [-0.39, 0.29) is 0 Å². The van der Waals surface area contributed by atoms with Crippen LogP contribution in [0.4, 0.5) is 0 Å². The van der Waals surface area contributed by atoms with E-state index in [1.54, 1.807) is 6.07 Å². The number of nitrogens with one attached hydrogen (secondary N) is 1. The molecule has 1 heterocycles. The first-order valence-corrected chi connectivity index (χ1v) is 8.06. The summed E-state index contributed by atoms with van der Waals surface area (Å²) >= 11 is 0. The van der Waals surface area contributed by atoms with Crippen LogP contribution in [0.2, 0.25) is 0 Å². The van der Waals surface area contributed by atoms with Crippen LogP contribution in [0.1, 0.15) is 60.6 Å². The number of benzene rings is 1. The van der Waals surface area contributed by atoms with Gasteiger partial charge in [-0.3, -0.25) is 0 Å². The molecule has 3 heteroatoms. The summed E-state index contributed by atoms with van der Waals surface area (Å²) < 4.78 is 0. The van der Waals surface area contributed by atoms with Crippen molar-refractivity contribution in [2.45, 2.75) is 51.9 Å². The molecule has 0 amide bonds. The minimum Gasteiger partial charge on any atom is -0.478 e. The number of aromatic nitrogens is 1. The molecule has 3 rings (SSSR count). The first-order valence-electron chi connectivity index (χ1n) is 8.06. The Hall–Kier alpha value is -1.77. The van der Waals surface area contributed by atoms with Gasteiger partial charge in [0, 0.05) is 11.1 Å². The van der Waals surface area contributed by atoms with Gasteiger partial charge in [-0.2, -0.15) is 0 Å². The van der Waals surface area contributed by atoms with E-state index in [1.807, 2.05) is 6.07 Å². The zero-order valence-electron chi connectivity index (χ0n) is 12.6. The first-order chi connectivity index (χ1) is 10.2. The third-order valence-electron chi connectivity index (χ3n) is 4.77. The number of rotatable bonds is 5. The summed E-state index contributed by atoms with van der Waals surface area (Å²) in [5.74, 6) is -0.0934. The molecule has 1 aromatic heterocycles. The van der Waals surface area contributed by atoms with Crippen molar-refractivity contribution >= 4 is 16.9 Å². The van der Waals surface area contributed by atoms with Crippen molar-refractivity contribution in [1.29, 1.82) is 0 Å². The number of carboxylic acids is 1. The summed E-state index contributed by atoms with van der Waals surface area (Å²) in [6.07, 6.45) is 8.60. The van der Waals surface area contributed by atoms with Crippen LogP contribution < -0.4 is 0 Å². The molecule has 1 atom stereocenters. The molecule has 1 aliphatic rings. The molecule has 1 aliphatic carbocycles. The van der Waals surface area contributed by atoms with Gasteiger partial charge in [-0.1, -0.05) is 44.7 Å². The number of H-pyrrole nitrogens is 1. The second-order valence-corrected chi connectivity index (χ2v) is 6.22. The lowest BCUT2D eigenvalue weighted by atomic mass is 9.84. The molecule has 0 spiro atoms. The topological polar surface area (TPSA) is 53.1 Å². The standard InChI is InChI=1S/C18H23NO2/c1-2-3-4-6-12-9-10-13-14-7-5-8-15(18(20)21)17(14)19-16(13)11-12/h5,7-8,12,19H,2-4,6,9-11H2,1H3,(H,20,21). The summed E-state index contributed by atoms with van der Waals surface area (Å²) in [5, 5.41) is 10.4. The molecule has 0 saturated heterocycles. The van der Waals surface area contributed by atoms with Crippen molar-refractivity contribution in [3.8, 4) is 0 Å². The van der Waals surface area contributed by atoms with Gasteiger partial charge in [0.2, 0.25) is 0 Å². The van der Waals surface area contributed by atoms with E-state index >= 15 is 0 Å². The van der Waals surface area contributed by atoms with E-state index in [1.165, 1.54) is 43.4 Å². The highest BCUT2D eigenvalue weighted by Crippen LogP contribution is 2.34. The Labute approximate surface area is 125 Å². The van der Waals surface area contributed by atoms with E-state index in [2.05, 4.69) is 18.0 Å². The monoisotopic (exact) mass is 285 g/mol. The Kier molecular flexibility index (Phi) is 4.00. The van der Waals surface area contributed by atoms with Crippen LogP contribution in [0.15, 0.2) is 18.2 Å². The van der Waals surface area contributed by atoms with Gasteiger partial charge in [-0.25, -0.2) is 4.79 Å². The number of hydrogen-bond donors (Lipinski definition) is 2. The molecule has 112 valence electrons. The quantitative estimate of drug-likeness (QED) is 0.792. The van der Waals surface area contributed by atoms with Crippen LogP contribution in [0.5, 0.6) is 0 Å². The zero-order chi connectivity index (χ0) is 14.8. The number of para-hydroxylation sites is 1. The summed E-state index contributed by atoms with van der Waals surface area (Å²) in [6, 6.07) is 5.59. The Morgan fingerprint density at radius 3 is 3.00 bits per heavy atom. The number of aromatic amines is 1. The van der Waals surface area contributed by atoms with Crippen LogP contribution in [0, 0.1) is 5.92 Å². The Morgan fingerprint density at radius 1 is 1.38 bits per heavy atom. The van der Waals surface area contributed by atoms with Gasteiger partial charge in [0.15, 0.2) is 0 Å². The second kappa shape index (κ2) is 5.92. The largest absolute Gasteiger partial charge is 0.478 e. The summed E-state index contributed by atoms with van der Waals surface area (Å²) in [4.78, 5) is 14.8. The van der Waals surface area contributed by atoms with Crippen LogP contribution in [0.25, 0.3) is 10.9 Å². The minimum absolute atomic E-state index is 0.393. The van der Waals surface area contributed by atoms with Crippen molar-refractivity contribution in [3.05, 3.63) is 35.0 Å². The first kappa shape index (κ1) is 14.2. The SMILES string of the molecule is CCCCCC1CCc2c([nH]c3c(C(=O)O)cccc23)C1. The van der Waals surface area contributed by atoms with E-state index in [9.17, 15) is 9.90 Å². The minimum atomic E-state index is -0.848. The molecule has 0 saturated carbocycles. The van der Waals surface area contributed by atoms with E-state index in [0.29, 0.717) is 5.56 Å². The highest BCUT2D eigenvalue weighted by atomic mass is 16.4. The van der Waals surface area contributed by atoms with E-state index in [0.717, 1.165) is 29.7 Å². The third-order valence-corrected chi connectivity index (χ3v) is 4.77. The van der Waals surface area contributed by atoms with Crippen LogP contribution in [-0.4, -0.2) is 16.1 Å². The number of fused-ring (bicyclic) bond motifs is 3. The van der Waals surface area contributed by atoms with Gasteiger partial charge in [-0.15, -0.1) is 0 Å². The molecular formula is C18H23NO2. The van der Waals surface area contributed by atoms with Crippen molar-refractivity contribution < 1.29 is 9.90 Å². The van der Waals surface area contributed by atoms with Gasteiger partial charge in [-0.05, 0) is 36.8 Å². The predicted molar refractivity (Wildman–Crippen MR) is 84.9 cm³/mol. The smallest absolute Gasteiger partial charge is 0.337 e. The molecule has 1 aromatic carbocycles. The predicted octanol–water partition coefficient (Wildman–Crippen LogP) is 4.55.